The molecule has 3 rings (SSSR count). The first-order chi connectivity index (χ1) is 13.9. The predicted molar refractivity (Wildman–Crippen MR) is 99.0 cm³/mol. The molecule has 2 aromatic heterocycles. The number of hydrogen-bond donors (Lipinski definition) is 4. The van der Waals surface area contributed by atoms with Crippen molar-refractivity contribution in [3.8, 4) is 11.4 Å². The monoisotopic (exact) mass is 428 g/mol. The molecule has 8 nitrogen and oxygen atoms in total. The average Bonchev–Trinajstić information content (AvgIpc) is 3.32. The van der Waals surface area contributed by atoms with E-state index >= 15 is 0 Å². The summed E-state index contributed by atoms with van der Waals surface area (Å²) in [7, 11) is 0. The maximum Gasteiger partial charge on any atom is 0.405 e. The molecule has 1 saturated carbocycles. The van der Waals surface area contributed by atoms with E-state index < -0.39 is 30.0 Å². The number of carbonyl (C=O) groups is 2. The normalized spacial score (nSPS) is 14.3. The minimum absolute atomic E-state index is 0.0621. The summed E-state index contributed by atoms with van der Waals surface area (Å²) in [5.41, 5.74) is -0.907. The highest BCUT2D eigenvalue weighted by Gasteiger charge is 2.34. The molecule has 0 unspecified atom stereocenters. The van der Waals surface area contributed by atoms with E-state index in [0.29, 0.717) is 5.56 Å². The number of aromatic nitrogens is 3. The van der Waals surface area contributed by atoms with Crippen molar-refractivity contribution in [2.24, 2.45) is 0 Å². The highest BCUT2D eigenvalue weighted by Crippen LogP contribution is 2.23. The van der Waals surface area contributed by atoms with Crippen molar-refractivity contribution >= 4 is 17.6 Å². The molecule has 0 saturated heterocycles. The standard InChI is InChI=1S/C18H20F4N6O2/c1-17(2,16(30)25-8-18(20,21)22)28-14-11(19)7-24-13(27-14)9-5-12(23-6-9)15(29)26-10-3-4-10/h5-7,10,23H,3-4,8H2,1-2H3,(H,25,30)(H,26,29)(H,24,27,28). The van der Waals surface area contributed by atoms with Gasteiger partial charge in [0.2, 0.25) is 5.91 Å². The SMILES string of the molecule is CC(C)(Nc1nc(-c2c[nH]c(C(=O)NC3CC3)c2)ncc1F)C(=O)NCC(F)(F)F. The van der Waals surface area contributed by atoms with E-state index in [-0.39, 0.29) is 29.3 Å². The first kappa shape index (κ1) is 21.5. The van der Waals surface area contributed by atoms with Crippen LogP contribution in [0.2, 0.25) is 0 Å². The van der Waals surface area contributed by atoms with Crippen molar-refractivity contribution in [2.75, 3.05) is 11.9 Å². The van der Waals surface area contributed by atoms with Crippen molar-refractivity contribution in [3.63, 3.8) is 0 Å². The Kier molecular flexibility index (Phi) is 5.68. The number of nitrogens with one attached hydrogen (secondary N) is 4. The van der Waals surface area contributed by atoms with Gasteiger partial charge in [0.25, 0.3) is 5.91 Å². The number of hydrogen-bond acceptors (Lipinski definition) is 5. The third kappa shape index (κ3) is 5.45. The van der Waals surface area contributed by atoms with E-state index in [2.05, 4.69) is 25.6 Å². The first-order valence-corrected chi connectivity index (χ1v) is 9.10. The Balaban J connectivity index is 1.74. The topological polar surface area (TPSA) is 112 Å². The zero-order valence-corrected chi connectivity index (χ0v) is 16.2. The van der Waals surface area contributed by atoms with Crippen LogP contribution >= 0.6 is 0 Å². The van der Waals surface area contributed by atoms with Gasteiger partial charge in [0.05, 0.1) is 6.20 Å². The fourth-order valence-corrected chi connectivity index (χ4v) is 2.49. The van der Waals surface area contributed by atoms with Gasteiger partial charge in [-0.2, -0.15) is 13.2 Å². The molecule has 1 aliphatic rings. The first-order valence-electron chi connectivity index (χ1n) is 9.10. The van der Waals surface area contributed by atoms with Crippen LogP contribution in [0.1, 0.15) is 37.2 Å². The molecule has 2 heterocycles. The largest absolute Gasteiger partial charge is 0.405 e. The van der Waals surface area contributed by atoms with Crippen molar-refractivity contribution < 1.29 is 27.2 Å². The van der Waals surface area contributed by atoms with Crippen LogP contribution in [0.25, 0.3) is 11.4 Å². The Morgan fingerprint density at radius 3 is 2.60 bits per heavy atom. The molecule has 2 aromatic rings. The molecule has 1 aliphatic carbocycles. The van der Waals surface area contributed by atoms with E-state index in [0.717, 1.165) is 19.0 Å². The lowest BCUT2D eigenvalue weighted by molar-refractivity contribution is -0.140. The van der Waals surface area contributed by atoms with Crippen LogP contribution in [0.15, 0.2) is 18.5 Å². The molecule has 2 amide bonds. The fraction of sp³-hybridized carbons (Fsp3) is 0.444. The smallest absolute Gasteiger partial charge is 0.356 e. The highest BCUT2D eigenvalue weighted by atomic mass is 19.4. The van der Waals surface area contributed by atoms with Crippen molar-refractivity contribution in [2.45, 2.75) is 44.4 Å². The van der Waals surface area contributed by atoms with E-state index in [1.165, 1.54) is 26.1 Å². The molecule has 30 heavy (non-hydrogen) atoms. The summed E-state index contributed by atoms with van der Waals surface area (Å²) in [5, 5.41) is 7.06. The minimum atomic E-state index is -4.57. The summed E-state index contributed by atoms with van der Waals surface area (Å²) in [4.78, 5) is 34.8. The third-order valence-corrected chi connectivity index (χ3v) is 4.29. The number of rotatable bonds is 7. The maximum atomic E-state index is 14.2. The molecule has 0 aromatic carbocycles. The number of aromatic amines is 1. The van der Waals surface area contributed by atoms with Crippen LogP contribution in [0.4, 0.5) is 23.4 Å². The second-order valence-corrected chi connectivity index (χ2v) is 7.49. The summed E-state index contributed by atoms with van der Waals surface area (Å²) in [6.45, 7) is 1.07. The van der Waals surface area contributed by atoms with Gasteiger partial charge in [-0.05, 0) is 32.8 Å². The number of anilines is 1. The summed E-state index contributed by atoms with van der Waals surface area (Å²) < 4.78 is 51.1. The molecule has 12 heteroatoms. The number of amides is 2. The van der Waals surface area contributed by atoms with Gasteiger partial charge in [-0.25, -0.2) is 14.4 Å². The molecule has 0 radical (unpaired) electrons. The molecule has 0 atom stereocenters. The van der Waals surface area contributed by atoms with Gasteiger partial charge in [-0.3, -0.25) is 9.59 Å². The predicted octanol–water partition coefficient (Wildman–Crippen LogP) is 2.37. The highest BCUT2D eigenvalue weighted by molar-refractivity contribution is 5.94. The third-order valence-electron chi connectivity index (χ3n) is 4.29. The summed E-state index contributed by atoms with van der Waals surface area (Å²) in [5.74, 6) is -2.46. The van der Waals surface area contributed by atoms with Crippen LogP contribution in [-0.4, -0.2) is 51.1 Å². The molecule has 0 spiro atoms. The van der Waals surface area contributed by atoms with Gasteiger partial charge in [-0.15, -0.1) is 0 Å². The van der Waals surface area contributed by atoms with Crippen molar-refractivity contribution in [3.05, 3.63) is 30.0 Å². The Hall–Kier alpha value is -3.18. The lowest BCUT2D eigenvalue weighted by Gasteiger charge is -2.26. The van der Waals surface area contributed by atoms with Crippen LogP contribution in [0.3, 0.4) is 0 Å². The lowest BCUT2D eigenvalue weighted by atomic mass is 10.0. The number of H-pyrrole nitrogens is 1. The Morgan fingerprint density at radius 1 is 1.27 bits per heavy atom. The maximum absolute atomic E-state index is 14.2. The van der Waals surface area contributed by atoms with Gasteiger partial charge in [-0.1, -0.05) is 0 Å². The number of nitrogens with zero attached hydrogens (tertiary/aromatic N) is 2. The zero-order chi connectivity index (χ0) is 22.1. The Bertz CT molecular complexity index is 952. The van der Waals surface area contributed by atoms with Gasteiger partial charge in [0.1, 0.15) is 17.8 Å². The molecule has 162 valence electrons. The van der Waals surface area contributed by atoms with Crippen LogP contribution in [0, 0.1) is 5.82 Å². The minimum Gasteiger partial charge on any atom is -0.356 e. The Labute approximate surface area is 168 Å². The van der Waals surface area contributed by atoms with Gasteiger partial charge in [0, 0.05) is 17.8 Å². The summed E-state index contributed by atoms with van der Waals surface area (Å²) in [6.07, 6.45) is -0.369. The van der Waals surface area contributed by atoms with E-state index in [1.807, 2.05) is 0 Å². The van der Waals surface area contributed by atoms with Gasteiger partial charge < -0.3 is 20.9 Å². The molecular formula is C18H20F4N6O2. The molecule has 1 fully saturated rings. The number of alkyl halides is 3. The van der Waals surface area contributed by atoms with E-state index in [1.54, 1.807) is 5.32 Å². The number of halogens is 4. The Morgan fingerprint density at radius 2 is 1.97 bits per heavy atom. The average molecular weight is 428 g/mol. The van der Waals surface area contributed by atoms with Gasteiger partial charge in [0.15, 0.2) is 17.5 Å². The molecule has 0 bridgehead atoms. The summed E-state index contributed by atoms with van der Waals surface area (Å²) >= 11 is 0. The second-order valence-electron chi connectivity index (χ2n) is 7.49. The quantitative estimate of drug-likeness (QED) is 0.506. The van der Waals surface area contributed by atoms with E-state index in [9.17, 15) is 27.2 Å². The van der Waals surface area contributed by atoms with Crippen molar-refractivity contribution in [1.29, 1.82) is 0 Å². The van der Waals surface area contributed by atoms with Crippen LogP contribution < -0.4 is 16.0 Å². The lowest BCUT2D eigenvalue weighted by Crippen LogP contribution is -2.50. The number of carbonyl (C=O) groups excluding carboxylic acids is 2. The van der Waals surface area contributed by atoms with Crippen LogP contribution in [0.5, 0.6) is 0 Å². The van der Waals surface area contributed by atoms with E-state index in [4.69, 9.17) is 0 Å². The second kappa shape index (κ2) is 7.92. The van der Waals surface area contributed by atoms with Crippen LogP contribution in [-0.2, 0) is 4.79 Å². The van der Waals surface area contributed by atoms with Crippen molar-refractivity contribution in [1.82, 2.24) is 25.6 Å². The fourth-order valence-electron chi connectivity index (χ4n) is 2.49. The molecule has 0 aliphatic heterocycles. The van der Waals surface area contributed by atoms with Gasteiger partial charge >= 0.3 is 6.18 Å². The molecular weight excluding hydrogens is 408 g/mol. The molecule has 4 N–H and O–H groups in total. The zero-order valence-electron chi connectivity index (χ0n) is 16.2. The summed E-state index contributed by atoms with van der Waals surface area (Å²) in [6, 6.07) is 1.67.